The van der Waals surface area contributed by atoms with E-state index in [0.717, 1.165) is 25.9 Å². The molecule has 1 fully saturated rings. The average Bonchev–Trinajstić information content (AvgIpc) is 2.97. The van der Waals surface area contributed by atoms with Crippen molar-refractivity contribution < 1.29 is 9.72 Å². The van der Waals surface area contributed by atoms with Gasteiger partial charge in [-0.1, -0.05) is 6.92 Å². The molecule has 0 radical (unpaired) electrons. The highest BCUT2D eigenvalue weighted by Crippen LogP contribution is 2.21. The summed E-state index contributed by atoms with van der Waals surface area (Å²) in [6.07, 6.45) is 1.85. The molecule has 0 aromatic heterocycles. The Labute approximate surface area is 124 Å². The SMILES string of the molecule is CCCN(C(=O)c1ccc([N+](=O)[O-])c(C)c1)C1CCNC1. The maximum Gasteiger partial charge on any atom is 0.272 e. The number of nitrogens with zero attached hydrogens (tertiary/aromatic N) is 2. The van der Waals surface area contributed by atoms with Gasteiger partial charge in [0.2, 0.25) is 0 Å². The van der Waals surface area contributed by atoms with E-state index < -0.39 is 4.92 Å². The van der Waals surface area contributed by atoms with Crippen molar-refractivity contribution in [1.82, 2.24) is 10.2 Å². The number of nitro benzene ring substituents is 1. The summed E-state index contributed by atoms with van der Waals surface area (Å²) in [6, 6.07) is 4.80. The van der Waals surface area contributed by atoms with Crippen LogP contribution in [0.4, 0.5) is 5.69 Å². The Morgan fingerprint density at radius 1 is 1.52 bits per heavy atom. The number of hydrogen-bond acceptors (Lipinski definition) is 4. The standard InChI is InChI=1S/C15H21N3O3/c1-3-8-17(13-6-7-16-10-13)15(19)12-4-5-14(18(20)21)11(2)9-12/h4-5,9,13,16H,3,6-8,10H2,1-2H3. The van der Waals surface area contributed by atoms with Gasteiger partial charge in [-0.15, -0.1) is 0 Å². The summed E-state index contributed by atoms with van der Waals surface area (Å²) in [5.41, 5.74) is 1.10. The van der Waals surface area contributed by atoms with Gasteiger partial charge in [0.05, 0.1) is 4.92 Å². The molecule has 114 valence electrons. The Bertz CT molecular complexity index is 539. The van der Waals surface area contributed by atoms with Crippen LogP contribution in [-0.4, -0.2) is 41.4 Å². The number of amides is 1. The fourth-order valence-corrected chi connectivity index (χ4v) is 2.76. The molecule has 1 saturated heterocycles. The van der Waals surface area contributed by atoms with Crippen LogP contribution in [0, 0.1) is 17.0 Å². The van der Waals surface area contributed by atoms with Crippen molar-refractivity contribution in [3.63, 3.8) is 0 Å². The van der Waals surface area contributed by atoms with Gasteiger partial charge >= 0.3 is 0 Å². The monoisotopic (exact) mass is 291 g/mol. The van der Waals surface area contributed by atoms with Gasteiger partial charge in [0.1, 0.15) is 0 Å². The number of benzene rings is 1. The molecule has 6 nitrogen and oxygen atoms in total. The second-order valence-corrected chi connectivity index (χ2v) is 5.40. The molecule has 1 N–H and O–H groups in total. The molecule has 21 heavy (non-hydrogen) atoms. The smallest absolute Gasteiger partial charge is 0.272 e. The quantitative estimate of drug-likeness (QED) is 0.666. The zero-order valence-electron chi connectivity index (χ0n) is 12.5. The zero-order valence-corrected chi connectivity index (χ0v) is 12.5. The van der Waals surface area contributed by atoms with Gasteiger partial charge in [0, 0.05) is 36.3 Å². The first kappa shape index (κ1) is 15.4. The summed E-state index contributed by atoms with van der Waals surface area (Å²) in [6.45, 7) is 6.16. The lowest BCUT2D eigenvalue weighted by molar-refractivity contribution is -0.385. The van der Waals surface area contributed by atoms with Crippen LogP contribution in [0.1, 0.15) is 35.7 Å². The lowest BCUT2D eigenvalue weighted by Crippen LogP contribution is -2.42. The highest BCUT2D eigenvalue weighted by molar-refractivity contribution is 5.95. The summed E-state index contributed by atoms with van der Waals surface area (Å²) in [7, 11) is 0. The Morgan fingerprint density at radius 3 is 2.81 bits per heavy atom. The van der Waals surface area contributed by atoms with E-state index in [1.807, 2.05) is 11.8 Å². The first-order valence-corrected chi connectivity index (χ1v) is 7.31. The van der Waals surface area contributed by atoms with Gasteiger partial charge in [0.15, 0.2) is 0 Å². The van der Waals surface area contributed by atoms with Crippen LogP contribution in [0.15, 0.2) is 18.2 Å². The maximum absolute atomic E-state index is 12.7. The van der Waals surface area contributed by atoms with E-state index in [1.165, 1.54) is 6.07 Å². The van der Waals surface area contributed by atoms with Crippen LogP contribution >= 0.6 is 0 Å². The Kier molecular flexibility index (Phi) is 4.90. The molecular weight excluding hydrogens is 270 g/mol. The fraction of sp³-hybridized carbons (Fsp3) is 0.533. The summed E-state index contributed by atoms with van der Waals surface area (Å²) < 4.78 is 0. The van der Waals surface area contributed by atoms with Gasteiger partial charge in [0.25, 0.3) is 11.6 Å². The predicted molar refractivity (Wildman–Crippen MR) is 80.4 cm³/mol. The van der Waals surface area contributed by atoms with Gasteiger partial charge in [-0.25, -0.2) is 0 Å². The number of nitro groups is 1. The molecule has 6 heteroatoms. The molecule has 1 aromatic rings. The van der Waals surface area contributed by atoms with Crippen molar-refractivity contribution in [3.05, 3.63) is 39.4 Å². The van der Waals surface area contributed by atoms with Crippen LogP contribution in [0.2, 0.25) is 0 Å². The normalized spacial score (nSPS) is 17.7. The van der Waals surface area contributed by atoms with E-state index in [-0.39, 0.29) is 17.6 Å². The lowest BCUT2D eigenvalue weighted by atomic mass is 10.1. The molecule has 0 bridgehead atoms. The summed E-state index contributed by atoms with van der Waals surface area (Å²) in [4.78, 5) is 25.0. The van der Waals surface area contributed by atoms with Gasteiger partial charge in [-0.2, -0.15) is 0 Å². The van der Waals surface area contributed by atoms with E-state index >= 15 is 0 Å². The van der Waals surface area contributed by atoms with Crippen molar-refractivity contribution in [2.24, 2.45) is 0 Å². The van der Waals surface area contributed by atoms with E-state index in [2.05, 4.69) is 5.32 Å². The molecule has 0 saturated carbocycles. The highest BCUT2D eigenvalue weighted by Gasteiger charge is 2.27. The third-order valence-corrected chi connectivity index (χ3v) is 3.84. The first-order chi connectivity index (χ1) is 10.0. The Morgan fingerprint density at radius 2 is 2.29 bits per heavy atom. The average molecular weight is 291 g/mol. The molecule has 1 amide bonds. The Hall–Kier alpha value is -1.95. The van der Waals surface area contributed by atoms with E-state index in [0.29, 0.717) is 17.7 Å². The van der Waals surface area contributed by atoms with Gasteiger partial charge < -0.3 is 10.2 Å². The molecular formula is C15H21N3O3. The molecule has 1 aromatic carbocycles. The van der Waals surface area contributed by atoms with Crippen LogP contribution in [0.25, 0.3) is 0 Å². The van der Waals surface area contributed by atoms with Crippen molar-refractivity contribution in [2.75, 3.05) is 19.6 Å². The van der Waals surface area contributed by atoms with Crippen LogP contribution < -0.4 is 5.32 Å². The molecule has 1 atom stereocenters. The maximum atomic E-state index is 12.7. The Balaban J connectivity index is 2.23. The molecule has 1 unspecified atom stereocenters. The van der Waals surface area contributed by atoms with Crippen LogP contribution in [0.5, 0.6) is 0 Å². The van der Waals surface area contributed by atoms with Crippen molar-refractivity contribution in [3.8, 4) is 0 Å². The fourth-order valence-electron chi connectivity index (χ4n) is 2.76. The number of aryl methyl sites for hydroxylation is 1. The largest absolute Gasteiger partial charge is 0.334 e. The number of rotatable bonds is 5. The van der Waals surface area contributed by atoms with Crippen molar-refractivity contribution >= 4 is 11.6 Å². The second-order valence-electron chi connectivity index (χ2n) is 5.40. The lowest BCUT2D eigenvalue weighted by Gasteiger charge is -2.28. The third-order valence-electron chi connectivity index (χ3n) is 3.84. The minimum Gasteiger partial charge on any atom is -0.334 e. The zero-order chi connectivity index (χ0) is 15.4. The highest BCUT2D eigenvalue weighted by atomic mass is 16.6. The molecule has 2 rings (SSSR count). The second kappa shape index (κ2) is 6.67. The van der Waals surface area contributed by atoms with E-state index in [9.17, 15) is 14.9 Å². The topological polar surface area (TPSA) is 75.5 Å². The number of nitrogens with one attached hydrogen (secondary N) is 1. The number of carbonyl (C=O) groups is 1. The predicted octanol–water partition coefficient (Wildman–Crippen LogP) is 2.12. The van der Waals surface area contributed by atoms with Crippen LogP contribution in [0.3, 0.4) is 0 Å². The molecule has 1 heterocycles. The summed E-state index contributed by atoms with van der Waals surface area (Å²) >= 11 is 0. The van der Waals surface area contributed by atoms with Gasteiger partial charge in [-0.05, 0) is 38.4 Å². The molecule has 1 aliphatic rings. The minimum atomic E-state index is -0.422. The van der Waals surface area contributed by atoms with E-state index in [4.69, 9.17) is 0 Å². The molecule has 0 spiro atoms. The van der Waals surface area contributed by atoms with Crippen LogP contribution in [-0.2, 0) is 0 Å². The third kappa shape index (κ3) is 3.39. The number of hydrogen-bond donors (Lipinski definition) is 1. The van der Waals surface area contributed by atoms with Crippen molar-refractivity contribution in [2.45, 2.75) is 32.7 Å². The van der Waals surface area contributed by atoms with Gasteiger partial charge in [-0.3, -0.25) is 14.9 Å². The summed E-state index contributed by atoms with van der Waals surface area (Å²) in [5, 5.41) is 14.1. The van der Waals surface area contributed by atoms with E-state index in [1.54, 1.807) is 19.1 Å². The van der Waals surface area contributed by atoms with Crippen molar-refractivity contribution in [1.29, 1.82) is 0 Å². The minimum absolute atomic E-state index is 0.0384. The first-order valence-electron chi connectivity index (χ1n) is 7.31. The molecule has 0 aliphatic carbocycles. The summed E-state index contributed by atoms with van der Waals surface area (Å²) in [5.74, 6) is -0.0384. The number of carbonyl (C=O) groups excluding carboxylic acids is 1. The molecule has 1 aliphatic heterocycles.